The Kier molecular flexibility index (Phi) is 5.53. The van der Waals surface area contributed by atoms with Crippen molar-refractivity contribution in [2.45, 2.75) is 33.8 Å². The molecule has 1 heterocycles. The van der Waals surface area contributed by atoms with Gasteiger partial charge in [-0.25, -0.2) is 12.7 Å². The van der Waals surface area contributed by atoms with E-state index in [4.69, 9.17) is 4.74 Å². The standard InChI is InChI=1S/C17H24N2O5S/c1-12(2)24-10-9-18-15(20)13-5-7-14(8-6-13)19-16(21)17(3,4)11-25(19,22)23/h5-8,12H,9-11H2,1-4H3,(H,18,20). The summed E-state index contributed by atoms with van der Waals surface area (Å²) < 4.78 is 30.7. The average Bonchev–Trinajstić information content (AvgIpc) is 2.67. The molecular weight excluding hydrogens is 344 g/mol. The van der Waals surface area contributed by atoms with Crippen LogP contribution in [0.5, 0.6) is 0 Å². The number of carbonyl (C=O) groups excluding carboxylic acids is 2. The molecule has 0 aliphatic carbocycles. The Labute approximate surface area is 148 Å². The van der Waals surface area contributed by atoms with Gasteiger partial charge < -0.3 is 10.1 Å². The Balaban J connectivity index is 2.07. The zero-order valence-corrected chi connectivity index (χ0v) is 15.7. The maximum atomic E-state index is 12.3. The van der Waals surface area contributed by atoms with Gasteiger partial charge in [-0.2, -0.15) is 0 Å². The van der Waals surface area contributed by atoms with Crippen molar-refractivity contribution < 1.29 is 22.7 Å². The zero-order valence-electron chi connectivity index (χ0n) is 14.9. The summed E-state index contributed by atoms with van der Waals surface area (Å²) in [4.78, 5) is 24.4. The summed E-state index contributed by atoms with van der Waals surface area (Å²) in [5, 5.41) is 2.72. The van der Waals surface area contributed by atoms with Gasteiger partial charge in [-0.1, -0.05) is 0 Å². The molecule has 0 bridgehead atoms. The summed E-state index contributed by atoms with van der Waals surface area (Å²) in [6.45, 7) is 7.83. The molecule has 1 aliphatic heterocycles. The number of carbonyl (C=O) groups is 2. The van der Waals surface area contributed by atoms with Crippen LogP contribution in [-0.2, 0) is 19.6 Å². The van der Waals surface area contributed by atoms with E-state index in [0.29, 0.717) is 18.7 Å². The molecule has 0 spiro atoms. The van der Waals surface area contributed by atoms with Crippen LogP contribution in [0.15, 0.2) is 24.3 Å². The van der Waals surface area contributed by atoms with Crippen molar-refractivity contribution in [2.75, 3.05) is 23.2 Å². The van der Waals surface area contributed by atoms with Gasteiger partial charge in [0, 0.05) is 12.1 Å². The second-order valence-electron chi connectivity index (χ2n) is 6.93. The third kappa shape index (κ3) is 4.38. The molecule has 1 aromatic rings. The first kappa shape index (κ1) is 19.4. The van der Waals surface area contributed by atoms with Gasteiger partial charge >= 0.3 is 0 Å². The summed E-state index contributed by atoms with van der Waals surface area (Å²) in [5.41, 5.74) is -0.322. The van der Waals surface area contributed by atoms with Gasteiger partial charge in [0.2, 0.25) is 15.9 Å². The molecule has 1 saturated heterocycles. The fourth-order valence-corrected chi connectivity index (χ4v) is 4.68. The molecule has 7 nitrogen and oxygen atoms in total. The lowest BCUT2D eigenvalue weighted by Crippen LogP contribution is -2.33. The maximum Gasteiger partial charge on any atom is 0.251 e. The van der Waals surface area contributed by atoms with Crippen LogP contribution in [-0.4, -0.2) is 45.2 Å². The Morgan fingerprint density at radius 3 is 2.36 bits per heavy atom. The highest BCUT2D eigenvalue weighted by atomic mass is 32.2. The predicted molar refractivity (Wildman–Crippen MR) is 94.9 cm³/mol. The second kappa shape index (κ2) is 7.13. The van der Waals surface area contributed by atoms with Gasteiger partial charge in [0.05, 0.1) is 29.6 Å². The van der Waals surface area contributed by atoms with Crippen molar-refractivity contribution >= 4 is 27.5 Å². The molecule has 0 unspecified atom stereocenters. The number of nitrogens with one attached hydrogen (secondary N) is 1. The van der Waals surface area contributed by atoms with E-state index in [1.165, 1.54) is 24.3 Å². The molecule has 0 atom stereocenters. The van der Waals surface area contributed by atoms with Gasteiger partial charge in [0.1, 0.15) is 0 Å². The molecule has 138 valence electrons. The van der Waals surface area contributed by atoms with Crippen LogP contribution in [0.25, 0.3) is 0 Å². The fourth-order valence-electron chi connectivity index (χ4n) is 2.57. The van der Waals surface area contributed by atoms with Crippen LogP contribution in [0, 0.1) is 5.41 Å². The number of ether oxygens (including phenoxy) is 1. The number of hydrogen-bond donors (Lipinski definition) is 1. The average molecular weight is 368 g/mol. The third-order valence-electron chi connectivity index (χ3n) is 3.79. The molecule has 8 heteroatoms. The highest BCUT2D eigenvalue weighted by Crippen LogP contribution is 2.35. The zero-order chi connectivity index (χ0) is 18.8. The van der Waals surface area contributed by atoms with Gasteiger partial charge in [-0.3, -0.25) is 9.59 Å². The normalized spacial score (nSPS) is 18.6. The lowest BCUT2D eigenvalue weighted by molar-refractivity contribution is -0.123. The smallest absolute Gasteiger partial charge is 0.251 e. The van der Waals surface area contributed by atoms with Crippen molar-refractivity contribution in [2.24, 2.45) is 5.41 Å². The van der Waals surface area contributed by atoms with Crippen LogP contribution in [0.3, 0.4) is 0 Å². The van der Waals surface area contributed by atoms with E-state index in [0.717, 1.165) is 4.31 Å². The van der Waals surface area contributed by atoms with E-state index in [1.54, 1.807) is 13.8 Å². The Morgan fingerprint density at radius 1 is 1.28 bits per heavy atom. The number of amides is 2. The molecule has 1 N–H and O–H groups in total. The van der Waals surface area contributed by atoms with E-state index in [2.05, 4.69) is 5.32 Å². The number of sulfonamides is 1. The van der Waals surface area contributed by atoms with Crippen molar-refractivity contribution in [1.82, 2.24) is 5.32 Å². The highest BCUT2D eigenvalue weighted by molar-refractivity contribution is 7.94. The van der Waals surface area contributed by atoms with E-state index in [-0.39, 0.29) is 23.5 Å². The number of hydrogen-bond acceptors (Lipinski definition) is 5. The van der Waals surface area contributed by atoms with Gasteiger partial charge in [0.15, 0.2) is 0 Å². The molecular formula is C17H24N2O5S. The topological polar surface area (TPSA) is 92.8 Å². The maximum absolute atomic E-state index is 12.3. The monoisotopic (exact) mass is 368 g/mol. The minimum absolute atomic E-state index is 0.0976. The lowest BCUT2D eigenvalue weighted by atomic mass is 9.95. The SMILES string of the molecule is CC(C)OCCNC(=O)c1ccc(N2C(=O)C(C)(C)CS2(=O)=O)cc1. The Bertz CT molecular complexity index is 754. The Hall–Kier alpha value is -1.93. The third-order valence-corrected chi connectivity index (χ3v) is 5.81. The summed E-state index contributed by atoms with van der Waals surface area (Å²) >= 11 is 0. The molecule has 1 aromatic carbocycles. The van der Waals surface area contributed by atoms with Crippen LogP contribution >= 0.6 is 0 Å². The first-order valence-electron chi connectivity index (χ1n) is 8.12. The molecule has 2 amide bonds. The first-order chi connectivity index (χ1) is 11.5. The predicted octanol–water partition coefficient (Wildman–Crippen LogP) is 1.54. The van der Waals surface area contributed by atoms with E-state index >= 15 is 0 Å². The van der Waals surface area contributed by atoms with Crippen LogP contribution in [0.2, 0.25) is 0 Å². The fraction of sp³-hybridized carbons (Fsp3) is 0.529. The van der Waals surface area contributed by atoms with Crippen molar-refractivity contribution in [3.05, 3.63) is 29.8 Å². The highest BCUT2D eigenvalue weighted by Gasteiger charge is 2.49. The molecule has 1 fully saturated rings. The van der Waals surface area contributed by atoms with E-state index < -0.39 is 21.3 Å². The Morgan fingerprint density at radius 2 is 1.88 bits per heavy atom. The van der Waals surface area contributed by atoms with Gasteiger partial charge in [-0.15, -0.1) is 0 Å². The summed E-state index contributed by atoms with van der Waals surface area (Å²) in [6, 6.07) is 5.94. The van der Waals surface area contributed by atoms with E-state index in [9.17, 15) is 18.0 Å². The van der Waals surface area contributed by atoms with Gasteiger partial charge in [-0.05, 0) is 52.0 Å². The first-order valence-corrected chi connectivity index (χ1v) is 9.73. The second-order valence-corrected chi connectivity index (χ2v) is 8.75. The minimum Gasteiger partial charge on any atom is -0.377 e. The van der Waals surface area contributed by atoms with Crippen LogP contribution in [0.1, 0.15) is 38.1 Å². The number of benzene rings is 1. The molecule has 0 aromatic heterocycles. The largest absolute Gasteiger partial charge is 0.377 e. The number of nitrogens with zero attached hydrogens (tertiary/aromatic N) is 1. The van der Waals surface area contributed by atoms with Crippen LogP contribution in [0.4, 0.5) is 5.69 Å². The van der Waals surface area contributed by atoms with Crippen molar-refractivity contribution in [3.63, 3.8) is 0 Å². The van der Waals surface area contributed by atoms with Gasteiger partial charge in [0.25, 0.3) is 5.91 Å². The summed E-state index contributed by atoms with van der Waals surface area (Å²) in [6.07, 6.45) is 0.0976. The number of anilines is 1. The summed E-state index contributed by atoms with van der Waals surface area (Å²) in [7, 11) is -3.69. The molecule has 2 rings (SSSR count). The minimum atomic E-state index is -3.69. The summed E-state index contributed by atoms with van der Waals surface area (Å²) in [5.74, 6) is -0.970. The molecule has 25 heavy (non-hydrogen) atoms. The molecule has 1 aliphatic rings. The van der Waals surface area contributed by atoms with Crippen molar-refractivity contribution in [1.29, 1.82) is 0 Å². The molecule has 0 radical (unpaired) electrons. The van der Waals surface area contributed by atoms with Crippen LogP contribution < -0.4 is 9.62 Å². The lowest BCUT2D eigenvalue weighted by Gasteiger charge is -2.17. The van der Waals surface area contributed by atoms with E-state index in [1.807, 2.05) is 13.8 Å². The quantitative estimate of drug-likeness (QED) is 0.769. The number of rotatable bonds is 6. The van der Waals surface area contributed by atoms with Crippen molar-refractivity contribution in [3.8, 4) is 0 Å². The molecule has 0 saturated carbocycles.